The fourth-order valence-corrected chi connectivity index (χ4v) is 2.43. The first-order valence-electron chi connectivity index (χ1n) is 6.46. The summed E-state index contributed by atoms with van der Waals surface area (Å²) in [7, 11) is 0. The van der Waals surface area contributed by atoms with Crippen molar-refractivity contribution in [3.63, 3.8) is 0 Å². The molecule has 1 atom stereocenters. The van der Waals surface area contributed by atoms with Crippen molar-refractivity contribution in [3.05, 3.63) is 18.0 Å². The van der Waals surface area contributed by atoms with E-state index in [1.54, 1.807) is 6.20 Å². The van der Waals surface area contributed by atoms with Gasteiger partial charge in [-0.15, -0.1) is 0 Å². The van der Waals surface area contributed by atoms with Gasteiger partial charge in [0.15, 0.2) is 0 Å². The number of aromatic nitrogens is 2. The molecule has 0 spiro atoms. The topological polar surface area (TPSA) is 57.8 Å². The number of hydrogen-bond acceptors (Lipinski definition) is 2. The molecule has 1 aliphatic rings. The van der Waals surface area contributed by atoms with E-state index in [9.17, 15) is 4.79 Å². The third kappa shape index (κ3) is 3.08. The van der Waals surface area contributed by atoms with Crippen molar-refractivity contribution in [2.24, 2.45) is 11.8 Å². The minimum absolute atomic E-state index is 0.0422. The number of carbonyl (C=O) groups is 1. The van der Waals surface area contributed by atoms with Gasteiger partial charge in [-0.25, -0.2) is 0 Å². The number of amides is 1. The molecule has 94 valence electrons. The van der Waals surface area contributed by atoms with Gasteiger partial charge >= 0.3 is 0 Å². The first kappa shape index (κ1) is 12.1. The van der Waals surface area contributed by atoms with E-state index in [2.05, 4.69) is 22.4 Å². The Balaban J connectivity index is 1.85. The lowest BCUT2D eigenvalue weighted by Crippen LogP contribution is -2.34. The predicted molar refractivity (Wildman–Crippen MR) is 66.3 cm³/mol. The lowest BCUT2D eigenvalue weighted by atomic mass is 9.82. The molecule has 0 saturated heterocycles. The molecule has 0 bridgehead atoms. The van der Waals surface area contributed by atoms with Crippen molar-refractivity contribution in [1.82, 2.24) is 15.5 Å². The first-order chi connectivity index (χ1) is 8.16. The van der Waals surface area contributed by atoms with Crippen LogP contribution in [-0.2, 0) is 4.79 Å². The van der Waals surface area contributed by atoms with Gasteiger partial charge in [0.2, 0.25) is 5.91 Å². The highest BCUT2D eigenvalue weighted by Crippen LogP contribution is 2.28. The molecule has 1 amide bonds. The molecule has 4 nitrogen and oxygen atoms in total. The molecule has 1 aromatic rings. The van der Waals surface area contributed by atoms with Crippen molar-refractivity contribution in [1.29, 1.82) is 0 Å². The zero-order valence-electron chi connectivity index (χ0n) is 10.6. The van der Waals surface area contributed by atoms with Crippen LogP contribution in [0.1, 0.15) is 51.1 Å². The van der Waals surface area contributed by atoms with Crippen LogP contribution in [0.25, 0.3) is 0 Å². The quantitative estimate of drug-likeness (QED) is 0.845. The van der Waals surface area contributed by atoms with Crippen molar-refractivity contribution >= 4 is 5.91 Å². The van der Waals surface area contributed by atoms with Gasteiger partial charge < -0.3 is 5.32 Å². The summed E-state index contributed by atoms with van der Waals surface area (Å²) in [6.45, 7) is 4.26. The van der Waals surface area contributed by atoms with Gasteiger partial charge in [0.05, 0.1) is 12.2 Å². The van der Waals surface area contributed by atoms with E-state index in [-0.39, 0.29) is 17.9 Å². The molecule has 1 saturated carbocycles. The van der Waals surface area contributed by atoms with Gasteiger partial charge in [-0.3, -0.25) is 9.89 Å². The standard InChI is InChI=1S/C13H21N3O/c1-9-3-5-11(6-4-9)13(17)16-10(2)12-7-14-15-8-12/h7-11H,3-6H2,1-2H3,(H,14,15)(H,16,17). The van der Waals surface area contributed by atoms with Crippen molar-refractivity contribution in [2.45, 2.75) is 45.6 Å². The Kier molecular flexibility index (Phi) is 3.82. The second-order valence-corrected chi connectivity index (χ2v) is 5.22. The van der Waals surface area contributed by atoms with E-state index in [4.69, 9.17) is 0 Å². The third-order valence-electron chi connectivity index (χ3n) is 3.76. The van der Waals surface area contributed by atoms with Crippen molar-refractivity contribution in [3.8, 4) is 0 Å². The molecule has 4 heteroatoms. The zero-order valence-corrected chi connectivity index (χ0v) is 10.6. The molecule has 2 rings (SSSR count). The van der Waals surface area contributed by atoms with Crippen LogP contribution in [0.15, 0.2) is 12.4 Å². The number of H-pyrrole nitrogens is 1. The molecular weight excluding hydrogens is 214 g/mol. The average Bonchev–Trinajstić information content (AvgIpc) is 2.83. The molecule has 2 N–H and O–H groups in total. The summed E-state index contributed by atoms with van der Waals surface area (Å²) >= 11 is 0. The number of nitrogens with one attached hydrogen (secondary N) is 2. The Hall–Kier alpha value is -1.32. The van der Waals surface area contributed by atoms with Crippen LogP contribution in [0.5, 0.6) is 0 Å². The minimum atomic E-state index is 0.0422. The Morgan fingerprint density at radius 1 is 1.47 bits per heavy atom. The summed E-state index contributed by atoms with van der Waals surface area (Å²) in [5.74, 6) is 1.19. The predicted octanol–water partition coefficient (Wildman–Crippen LogP) is 2.41. The molecule has 1 heterocycles. The van der Waals surface area contributed by atoms with Crippen LogP contribution < -0.4 is 5.32 Å². The lowest BCUT2D eigenvalue weighted by Gasteiger charge is -2.26. The molecule has 0 radical (unpaired) electrons. The molecule has 1 aliphatic carbocycles. The molecule has 1 aromatic heterocycles. The maximum absolute atomic E-state index is 12.1. The highest BCUT2D eigenvalue weighted by Gasteiger charge is 2.25. The SMILES string of the molecule is CC1CCC(C(=O)NC(C)c2cn[nH]c2)CC1. The zero-order chi connectivity index (χ0) is 12.3. The van der Waals surface area contributed by atoms with Crippen LogP contribution in [-0.4, -0.2) is 16.1 Å². The van der Waals surface area contributed by atoms with Crippen LogP contribution in [0, 0.1) is 11.8 Å². The summed E-state index contributed by atoms with van der Waals surface area (Å²) in [5, 5.41) is 9.73. The van der Waals surface area contributed by atoms with Crippen LogP contribution in [0.2, 0.25) is 0 Å². The monoisotopic (exact) mass is 235 g/mol. The fraction of sp³-hybridized carbons (Fsp3) is 0.692. The van der Waals surface area contributed by atoms with Gasteiger partial charge in [-0.05, 0) is 38.5 Å². The normalized spacial score (nSPS) is 26.5. The number of nitrogens with zero attached hydrogens (tertiary/aromatic N) is 1. The van der Waals surface area contributed by atoms with Crippen molar-refractivity contribution < 1.29 is 4.79 Å². The maximum atomic E-state index is 12.1. The Morgan fingerprint density at radius 2 is 2.18 bits per heavy atom. The summed E-state index contributed by atoms with van der Waals surface area (Å²) in [5.41, 5.74) is 1.03. The first-order valence-corrected chi connectivity index (χ1v) is 6.46. The van der Waals surface area contributed by atoms with Gasteiger partial charge in [0.25, 0.3) is 0 Å². The van der Waals surface area contributed by atoms with Crippen LogP contribution >= 0.6 is 0 Å². The molecule has 0 aromatic carbocycles. The summed E-state index contributed by atoms with van der Waals surface area (Å²) in [6, 6.07) is 0.0422. The highest BCUT2D eigenvalue weighted by molar-refractivity contribution is 5.79. The summed E-state index contributed by atoms with van der Waals surface area (Å²) in [6.07, 6.45) is 8.01. The molecular formula is C13H21N3O. The average molecular weight is 235 g/mol. The Bertz CT molecular complexity index is 353. The van der Waals surface area contributed by atoms with Gasteiger partial charge in [0.1, 0.15) is 0 Å². The van der Waals surface area contributed by atoms with E-state index in [0.29, 0.717) is 0 Å². The minimum Gasteiger partial charge on any atom is -0.349 e. The second kappa shape index (κ2) is 5.34. The molecule has 0 aliphatic heterocycles. The van der Waals surface area contributed by atoms with Crippen molar-refractivity contribution in [2.75, 3.05) is 0 Å². The molecule has 1 unspecified atom stereocenters. The Labute approximate surface area is 102 Å². The van der Waals surface area contributed by atoms with E-state index in [1.807, 2.05) is 13.1 Å². The number of aromatic amines is 1. The molecule has 1 fully saturated rings. The van der Waals surface area contributed by atoms with Crippen LogP contribution in [0.4, 0.5) is 0 Å². The number of carbonyl (C=O) groups excluding carboxylic acids is 1. The smallest absolute Gasteiger partial charge is 0.223 e. The Morgan fingerprint density at radius 3 is 2.76 bits per heavy atom. The van der Waals surface area contributed by atoms with E-state index in [1.165, 1.54) is 12.8 Å². The van der Waals surface area contributed by atoms with E-state index >= 15 is 0 Å². The largest absolute Gasteiger partial charge is 0.349 e. The fourth-order valence-electron chi connectivity index (χ4n) is 2.43. The van der Waals surface area contributed by atoms with Gasteiger partial charge in [-0.2, -0.15) is 5.10 Å². The molecule has 17 heavy (non-hydrogen) atoms. The van der Waals surface area contributed by atoms with E-state index in [0.717, 1.165) is 24.3 Å². The van der Waals surface area contributed by atoms with E-state index < -0.39 is 0 Å². The summed E-state index contributed by atoms with van der Waals surface area (Å²) < 4.78 is 0. The summed E-state index contributed by atoms with van der Waals surface area (Å²) in [4.78, 5) is 12.1. The number of rotatable bonds is 3. The van der Waals surface area contributed by atoms with Gasteiger partial charge in [0, 0.05) is 17.7 Å². The second-order valence-electron chi connectivity index (χ2n) is 5.22. The van der Waals surface area contributed by atoms with Gasteiger partial charge in [-0.1, -0.05) is 6.92 Å². The third-order valence-corrected chi connectivity index (χ3v) is 3.76. The van der Waals surface area contributed by atoms with Crippen LogP contribution in [0.3, 0.4) is 0 Å². The number of hydrogen-bond donors (Lipinski definition) is 2. The maximum Gasteiger partial charge on any atom is 0.223 e. The highest BCUT2D eigenvalue weighted by atomic mass is 16.1. The lowest BCUT2D eigenvalue weighted by molar-refractivity contribution is -0.126.